The normalized spacial score (nSPS) is 13.0. The second-order valence-corrected chi connectivity index (χ2v) is 6.08. The highest BCUT2D eigenvalue weighted by Gasteiger charge is 2.21. The van der Waals surface area contributed by atoms with Crippen molar-refractivity contribution in [1.82, 2.24) is 5.48 Å². The number of aryl methyl sites for hydroxylation is 1. The van der Waals surface area contributed by atoms with E-state index in [2.05, 4.69) is 42.5 Å². The molecule has 0 fully saturated rings. The fourth-order valence-corrected chi connectivity index (χ4v) is 3.07. The Bertz CT molecular complexity index is 838. The number of carbonyl (C=O) groups is 1. The van der Waals surface area contributed by atoms with Gasteiger partial charge in [0, 0.05) is 17.5 Å². The summed E-state index contributed by atoms with van der Waals surface area (Å²) in [7, 11) is 1.43. The Labute approximate surface area is 155 Å². The Morgan fingerprint density at radius 2 is 1.88 bits per heavy atom. The molecule has 0 saturated carbocycles. The van der Waals surface area contributed by atoms with E-state index in [9.17, 15) is 4.79 Å². The minimum absolute atomic E-state index is 0.0496. The molecule has 0 aliphatic rings. The number of amides is 1. The van der Waals surface area contributed by atoms with E-state index in [4.69, 9.17) is 4.84 Å². The van der Waals surface area contributed by atoms with E-state index in [1.165, 1.54) is 23.8 Å². The fourth-order valence-electron chi connectivity index (χ4n) is 3.07. The van der Waals surface area contributed by atoms with E-state index < -0.39 is 0 Å². The standard InChI is InChI=1S/C22H26N2O2/c1-6-20(23-7-2)21(19-13-8-10-15(3)16(19)4)17-11-9-12-18(14-17)22(25)24-26-5/h6-14,21H,1-5H3,(H,24,25)/b20-6-,23-7?. The summed E-state index contributed by atoms with van der Waals surface area (Å²) in [4.78, 5) is 21.5. The molecule has 4 heteroatoms. The maximum absolute atomic E-state index is 12.2. The van der Waals surface area contributed by atoms with Crippen LogP contribution in [0.4, 0.5) is 0 Å². The molecule has 0 spiro atoms. The van der Waals surface area contributed by atoms with Crippen LogP contribution in [0.5, 0.6) is 0 Å². The molecule has 0 radical (unpaired) electrons. The Kier molecular flexibility index (Phi) is 6.87. The maximum atomic E-state index is 12.2. The number of aliphatic imine (C=N–C) groups is 1. The molecule has 2 rings (SSSR count). The van der Waals surface area contributed by atoms with Gasteiger partial charge in [0.25, 0.3) is 5.91 Å². The summed E-state index contributed by atoms with van der Waals surface area (Å²) in [5, 5.41) is 0. The highest BCUT2D eigenvalue weighted by Crippen LogP contribution is 2.35. The lowest BCUT2D eigenvalue weighted by Gasteiger charge is -2.22. The third kappa shape index (κ3) is 4.27. The van der Waals surface area contributed by atoms with Crippen LogP contribution in [0.1, 0.15) is 52.4 Å². The lowest BCUT2D eigenvalue weighted by molar-refractivity contribution is 0.0537. The zero-order valence-corrected chi connectivity index (χ0v) is 16.0. The molecule has 1 unspecified atom stereocenters. The smallest absolute Gasteiger partial charge is 0.274 e. The number of nitrogens with zero attached hydrogens (tertiary/aromatic N) is 1. The van der Waals surface area contributed by atoms with E-state index in [1.54, 1.807) is 12.3 Å². The van der Waals surface area contributed by atoms with Crippen LogP contribution in [0.2, 0.25) is 0 Å². The number of benzene rings is 2. The quantitative estimate of drug-likeness (QED) is 0.605. The molecule has 0 saturated heterocycles. The minimum atomic E-state index is -0.268. The molecular weight excluding hydrogens is 324 g/mol. The van der Waals surface area contributed by atoms with Crippen molar-refractivity contribution in [1.29, 1.82) is 0 Å². The summed E-state index contributed by atoms with van der Waals surface area (Å²) in [6, 6.07) is 13.9. The van der Waals surface area contributed by atoms with Crippen molar-refractivity contribution in [2.45, 2.75) is 33.6 Å². The van der Waals surface area contributed by atoms with Crippen LogP contribution in [-0.2, 0) is 4.84 Å². The topological polar surface area (TPSA) is 50.7 Å². The van der Waals surface area contributed by atoms with Gasteiger partial charge in [-0.05, 0) is 62.1 Å². The second-order valence-electron chi connectivity index (χ2n) is 6.08. The SMILES string of the molecule is CC=N/C(=C\C)C(c1cccc(C(=O)NOC)c1)c1cccc(C)c1C. The van der Waals surface area contributed by atoms with Crippen LogP contribution in [0, 0.1) is 13.8 Å². The summed E-state index contributed by atoms with van der Waals surface area (Å²) >= 11 is 0. The van der Waals surface area contributed by atoms with Gasteiger partial charge in [-0.2, -0.15) is 0 Å². The molecule has 1 amide bonds. The number of carbonyl (C=O) groups excluding carboxylic acids is 1. The Morgan fingerprint density at radius 1 is 1.15 bits per heavy atom. The number of hydroxylamine groups is 1. The van der Waals surface area contributed by atoms with E-state index in [-0.39, 0.29) is 11.8 Å². The lowest BCUT2D eigenvalue weighted by atomic mass is 9.84. The van der Waals surface area contributed by atoms with Gasteiger partial charge in [0.05, 0.1) is 13.0 Å². The van der Waals surface area contributed by atoms with Crippen LogP contribution < -0.4 is 5.48 Å². The fraction of sp³-hybridized carbons (Fsp3) is 0.273. The molecule has 26 heavy (non-hydrogen) atoms. The molecular formula is C22H26N2O2. The monoisotopic (exact) mass is 350 g/mol. The van der Waals surface area contributed by atoms with Crippen LogP contribution in [-0.4, -0.2) is 19.2 Å². The Morgan fingerprint density at radius 3 is 2.54 bits per heavy atom. The molecule has 0 aliphatic carbocycles. The van der Waals surface area contributed by atoms with E-state index in [0.29, 0.717) is 5.56 Å². The predicted molar refractivity (Wildman–Crippen MR) is 107 cm³/mol. The van der Waals surface area contributed by atoms with Crippen molar-refractivity contribution in [3.63, 3.8) is 0 Å². The Balaban J connectivity index is 2.64. The van der Waals surface area contributed by atoms with Crippen molar-refractivity contribution in [3.05, 3.63) is 82.1 Å². The van der Waals surface area contributed by atoms with Crippen molar-refractivity contribution >= 4 is 12.1 Å². The molecule has 0 heterocycles. The zero-order chi connectivity index (χ0) is 19.1. The number of allylic oxidation sites excluding steroid dienone is 2. The van der Waals surface area contributed by atoms with E-state index >= 15 is 0 Å². The zero-order valence-electron chi connectivity index (χ0n) is 16.0. The first-order chi connectivity index (χ1) is 12.5. The van der Waals surface area contributed by atoms with Gasteiger partial charge >= 0.3 is 0 Å². The van der Waals surface area contributed by atoms with Crippen LogP contribution in [0.3, 0.4) is 0 Å². The first-order valence-electron chi connectivity index (χ1n) is 8.67. The molecule has 0 aromatic heterocycles. The van der Waals surface area contributed by atoms with E-state index in [1.807, 2.05) is 38.1 Å². The maximum Gasteiger partial charge on any atom is 0.274 e. The minimum Gasteiger partial charge on any atom is -0.277 e. The third-order valence-corrected chi connectivity index (χ3v) is 4.50. The van der Waals surface area contributed by atoms with Gasteiger partial charge in [0.15, 0.2) is 0 Å². The summed E-state index contributed by atoms with van der Waals surface area (Å²) < 4.78 is 0. The summed E-state index contributed by atoms with van der Waals surface area (Å²) in [6.45, 7) is 8.13. The average molecular weight is 350 g/mol. The van der Waals surface area contributed by atoms with Gasteiger partial charge in [0.2, 0.25) is 0 Å². The summed E-state index contributed by atoms with van der Waals surface area (Å²) in [6.07, 6.45) is 3.82. The summed E-state index contributed by atoms with van der Waals surface area (Å²) in [5.74, 6) is -0.318. The largest absolute Gasteiger partial charge is 0.277 e. The first kappa shape index (κ1) is 19.6. The summed E-state index contributed by atoms with van der Waals surface area (Å²) in [5.41, 5.74) is 8.54. The van der Waals surface area contributed by atoms with Gasteiger partial charge in [-0.25, -0.2) is 5.48 Å². The molecule has 136 valence electrons. The number of nitrogens with one attached hydrogen (secondary N) is 1. The molecule has 1 N–H and O–H groups in total. The predicted octanol–water partition coefficient (Wildman–Crippen LogP) is 4.72. The molecule has 1 atom stereocenters. The molecule has 2 aromatic carbocycles. The van der Waals surface area contributed by atoms with Gasteiger partial charge in [-0.3, -0.25) is 14.6 Å². The van der Waals surface area contributed by atoms with E-state index in [0.717, 1.165) is 11.3 Å². The molecule has 2 aromatic rings. The van der Waals surface area contributed by atoms with Crippen LogP contribution in [0.15, 0.2) is 59.2 Å². The average Bonchev–Trinajstić information content (AvgIpc) is 2.65. The van der Waals surface area contributed by atoms with Gasteiger partial charge in [0.1, 0.15) is 0 Å². The number of hydrogen-bond acceptors (Lipinski definition) is 3. The molecule has 4 nitrogen and oxygen atoms in total. The lowest BCUT2D eigenvalue weighted by Crippen LogP contribution is -2.22. The van der Waals surface area contributed by atoms with Gasteiger partial charge < -0.3 is 0 Å². The third-order valence-electron chi connectivity index (χ3n) is 4.50. The highest BCUT2D eigenvalue weighted by atomic mass is 16.6. The van der Waals surface area contributed by atoms with Crippen LogP contribution >= 0.6 is 0 Å². The van der Waals surface area contributed by atoms with Crippen molar-refractivity contribution in [2.24, 2.45) is 4.99 Å². The first-order valence-corrected chi connectivity index (χ1v) is 8.67. The highest BCUT2D eigenvalue weighted by molar-refractivity contribution is 5.93. The van der Waals surface area contributed by atoms with Gasteiger partial charge in [-0.15, -0.1) is 0 Å². The number of rotatable bonds is 6. The van der Waals surface area contributed by atoms with Gasteiger partial charge in [-0.1, -0.05) is 36.4 Å². The van der Waals surface area contributed by atoms with Crippen molar-refractivity contribution < 1.29 is 9.63 Å². The molecule has 0 bridgehead atoms. The Hall–Kier alpha value is -2.72. The second kappa shape index (κ2) is 9.11. The van der Waals surface area contributed by atoms with Crippen molar-refractivity contribution in [2.75, 3.05) is 7.11 Å². The van der Waals surface area contributed by atoms with Crippen molar-refractivity contribution in [3.8, 4) is 0 Å². The molecule has 0 aliphatic heterocycles. The number of hydrogen-bond donors (Lipinski definition) is 1. The van der Waals surface area contributed by atoms with Crippen LogP contribution in [0.25, 0.3) is 0 Å².